The van der Waals surface area contributed by atoms with Crippen LogP contribution in [-0.4, -0.2) is 50.0 Å². The molecule has 0 saturated carbocycles. The Hall–Kier alpha value is -3.55. The zero-order valence-corrected chi connectivity index (χ0v) is 18.4. The molecule has 1 aromatic carbocycles. The molecule has 5 rings (SSSR count). The van der Waals surface area contributed by atoms with Crippen molar-refractivity contribution in [3.63, 3.8) is 0 Å². The maximum Gasteiger partial charge on any atom is 0.409 e. The van der Waals surface area contributed by atoms with Gasteiger partial charge >= 0.3 is 6.09 Å². The van der Waals surface area contributed by atoms with E-state index in [4.69, 9.17) is 15.5 Å². The number of imidazole rings is 1. The third-order valence-corrected chi connectivity index (χ3v) is 6.05. The number of ether oxygens (including phenoxy) is 1. The molecule has 4 heterocycles. The van der Waals surface area contributed by atoms with Crippen molar-refractivity contribution >= 4 is 28.3 Å². The lowest BCUT2D eigenvalue weighted by atomic mass is 9.96. The van der Waals surface area contributed by atoms with Crippen LogP contribution in [0, 0.1) is 5.92 Å². The van der Waals surface area contributed by atoms with Gasteiger partial charge in [-0.15, -0.1) is 0 Å². The summed E-state index contributed by atoms with van der Waals surface area (Å²) in [7, 11) is 0. The first-order chi connectivity index (χ1) is 15.5. The Kier molecular flexibility index (Phi) is 5.20. The Morgan fingerprint density at radius 3 is 2.81 bits per heavy atom. The van der Waals surface area contributed by atoms with Crippen LogP contribution in [0.15, 0.2) is 42.7 Å². The molecule has 0 aliphatic carbocycles. The molecule has 4 aromatic rings. The minimum absolute atomic E-state index is 0.219. The lowest BCUT2D eigenvalue weighted by Gasteiger charge is -2.31. The van der Waals surface area contributed by atoms with E-state index < -0.39 is 0 Å². The van der Waals surface area contributed by atoms with Gasteiger partial charge in [-0.05, 0) is 30.9 Å². The third-order valence-electron chi connectivity index (χ3n) is 6.05. The first kappa shape index (κ1) is 20.4. The number of nitrogens with one attached hydrogen (secondary N) is 1. The van der Waals surface area contributed by atoms with Crippen molar-refractivity contribution in [1.82, 2.24) is 24.3 Å². The molecule has 3 aromatic heterocycles. The van der Waals surface area contributed by atoms with Gasteiger partial charge in [0.05, 0.1) is 12.3 Å². The number of rotatable bonds is 4. The number of fused-ring (bicyclic) bond motifs is 2. The van der Waals surface area contributed by atoms with Crippen LogP contribution in [0.3, 0.4) is 0 Å². The number of para-hydroxylation sites is 1. The Bertz CT molecular complexity index is 1230. The number of hydrogen-bond donors (Lipinski definition) is 2. The van der Waals surface area contributed by atoms with Gasteiger partial charge < -0.3 is 20.4 Å². The molecule has 1 fully saturated rings. The summed E-state index contributed by atoms with van der Waals surface area (Å²) in [5.74, 6) is 1.96. The van der Waals surface area contributed by atoms with Gasteiger partial charge in [0.2, 0.25) is 0 Å². The van der Waals surface area contributed by atoms with Crippen molar-refractivity contribution in [3.05, 3.63) is 48.5 Å². The smallest absolute Gasteiger partial charge is 0.409 e. The first-order valence-corrected chi connectivity index (χ1v) is 11.1. The number of benzene rings is 1. The van der Waals surface area contributed by atoms with Gasteiger partial charge in [0.15, 0.2) is 0 Å². The van der Waals surface area contributed by atoms with Crippen molar-refractivity contribution in [1.29, 1.82) is 0 Å². The van der Waals surface area contributed by atoms with Gasteiger partial charge in [-0.2, -0.15) is 0 Å². The summed E-state index contributed by atoms with van der Waals surface area (Å²) in [6, 6.07) is 10.3. The van der Waals surface area contributed by atoms with E-state index >= 15 is 0 Å². The van der Waals surface area contributed by atoms with Crippen LogP contribution < -0.4 is 5.73 Å². The number of likely N-dealkylation sites (tertiary alicyclic amines) is 1. The molecule has 3 N–H and O–H groups in total. The van der Waals surface area contributed by atoms with Crippen molar-refractivity contribution < 1.29 is 9.53 Å². The van der Waals surface area contributed by atoms with E-state index in [1.165, 1.54) is 0 Å². The number of nitrogen functional groups attached to an aromatic ring is 1. The van der Waals surface area contributed by atoms with E-state index in [0.29, 0.717) is 31.4 Å². The fourth-order valence-electron chi connectivity index (χ4n) is 4.41. The van der Waals surface area contributed by atoms with Crippen molar-refractivity contribution in [2.45, 2.75) is 32.6 Å². The van der Waals surface area contributed by atoms with Crippen molar-refractivity contribution in [3.8, 4) is 11.4 Å². The zero-order valence-electron chi connectivity index (χ0n) is 18.4. The van der Waals surface area contributed by atoms with Crippen LogP contribution in [0.2, 0.25) is 0 Å². The lowest BCUT2D eigenvalue weighted by molar-refractivity contribution is 0.0830. The molecule has 0 bridgehead atoms. The number of amides is 1. The highest BCUT2D eigenvalue weighted by molar-refractivity contribution is 5.91. The Balaban J connectivity index is 1.44. The number of nitrogens with zero attached hydrogens (tertiary/aromatic N) is 4. The number of hydrogen-bond acceptors (Lipinski definition) is 5. The number of carbonyl (C=O) groups is 1. The number of piperidine rings is 1. The second kappa shape index (κ2) is 8.18. The van der Waals surface area contributed by atoms with E-state index in [-0.39, 0.29) is 12.0 Å². The molecule has 0 atom stereocenters. The van der Waals surface area contributed by atoms with Crippen molar-refractivity contribution in [2.75, 3.05) is 25.4 Å². The third kappa shape index (κ3) is 3.66. The van der Waals surface area contributed by atoms with Gasteiger partial charge in [0.1, 0.15) is 22.9 Å². The predicted molar refractivity (Wildman–Crippen MR) is 124 cm³/mol. The topological polar surface area (TPSA) is 102 Å². The molecule has 8 nitrogen and oxygen atoms in total. The summed E-state index contributed by atoms with van der Waals surface area (Å²) in [5, 5.41) is 1.13. The zero-order chi connectivity index (χ0) is 22.2. The Morgan fingerprint density at radius 2 is 2.06 bits per heavy atom. The summed E-state index contributed by atoms with van der Waals surface area (Å²) in [4.78, 5) is 26.9. The van der Waals surface area contributed by atoms with Crippen LogP contribution in [0.5, 0.6) is 0 Å². The van der Waals surface area contributed by atoms with Gasteiger partial charge in [-0.25, -0.2) is 14.8 Å². The summed E-state index contributed by atoms with van der Waals surface area (Å²) in [6.45, 7) is 5.82. The second-order valence-corrected chi connectivity index (χ2v) is 8.85. The van der Waals surface area contributed by atoms with Gasteiger partial charge in [0.25, 0.3) is 0 Å². The average molecular weight is 433 g/mol. The van der Waals surface area contributed by atoms with Crippen LogP contribution >= 0.6 is 0 Å². The largest absolute Gasteiger partial charge is 0.449 e. The molecule has 1 amide bonds. The van der Waals surface area contributed by atoms with E-state index in [0.717, 1.165) is 46.5 Å². The summed E-state index contributed by atoms with van der Waals surface area (Å²) in [5.41, 5.74) is 9.89. The van der Waals surface area contributed by atoms with Crippen LogP contribution in [-0.2, 0) is 4.74 Å². The van der Waals surface area contributed by atoms with E-state index in [1.807, 2.05) is 38.2 Å². The first-order valence-electron chi connectivity index (χ1n) is 11.1. The van der Waals surface area contributed by atoms with E-state index in [9.17, 15) is 4.79 Å². The standard InChI is InChI=1S/C24H28N6O2/c1-15(2)14-32-24(31)29-10-7-16(8-11-29)23-28-20(21-22(25)26-9-12-30(21)23)19-13-17-5-3-4-6-18(17)27-19/h3-6,9,12-13,15-16,27H,7-8,10-11,14H2,1-2H3,(H2,25,26). The monoisotopic (exact) mass is 432 g/mol. The fourth-order valence-corrected chi connectivity index (χ4v) is 4.41. The number of nitrogens with two attached hydrogens (primary N) is 1. The van der Waals surface area contributed by atoms with Crippen LogP contribution in [0.4, 0.5) is 10.6 Å². The average Bonchev–Trinajstić information content (AvgIpc) is 3.40. The number of anilines is 1. The van der Waals surface area contributed by atoms with Crippen LogP contribution in [0.1, 0.15) is 38.4 Å². The normalized spacial score (nSPS) is 15.2. The molecule has 0 radical (unpaired) electrons. The quantitative estimate of drug-likeness (QED) is 0.497. The molecule has 0 spiro atoms. The van der Waals surface area contributed by atoms with Crippen molar-refractivity contribution in [2.24, 2.45) is 5.92 Å². The number of carbonyl (C=O) groups excluding carboxylic acids is 1. The molecular weight excluding hydrogens is 404 g/mol. The number of aromatic nitrogens is 4. The lowest BCUT2D eigenvalue weighted by Crippen LogP contribution is -2.39. The van der Waals surface area contributed by atoms with Gasteiger partial charge in [-0.1, -0.05) is 32.0 Å². The molecule has 32 heavy (non-hydrogen) atoms. The summed E-state index contributed by atoms with van der Waals surface area (Å²) < 4.78 is 7.45. The molecule has 1 saturated heterocycles. The van der Waals surface area contributed by atoms with E-state index in [1.54, 1.807) is 11.1 Å². The number of aromatic amines is 1. The molecule has 8 heteroatoms. The highest BCUT2D eigenvalue weighted by atomic mass is 16.6. The molecule has 0 unspecified atom stereocenters. The minimum Gasteiger partial charge on any atom is -0.449 e. The van der Waals surface area contributed by atoms with Crippen LogP contribution in [0.25, 0.3) is 27.8 Å². The minimum atomic E-state index is -0.225. The number of H-pyrrole nitrogens is 1. The summed E-state index contributed by atoms with van der Waals surface area (Å²) >= 11 is 0. The molecule has 1 aliphatic heterocycles. The van der Waals surface area contributed by atoms with Gasteiger partial charge in [0, 0.05) is 42.3 Å². The maximum atomic E-state index is 12.3. The maximum absolute atomic E-state index is 12.3. The Labute approximate surface area is 186 Å². The van der Waals surface area contributed by atoms with E-state index in [2.05, 4.69) is 26.5 Å². The SMILES string of the molecule is CC(C)COC(=O)N1CCC(c2nc(-c3cc4ccccc4[nH]3)c3c(N)nccn23)CC1. The predicted octanol–water partition coefficient (Wildman–Crippen LogP) is 4.43. The fraction of sp³-hybridized carbons (Fsp3) is 0.375. The molecule has 1 aliphatic rings. The molecule has 166 valence electrons. The highest BCUT2D eigenvalue weighted by Gasteiger charge is 2.29. The summed E-state index contributed by atoms with van der Waals surface area (Å²) in [6.07, 6.45) is 5.05. The van der Waals surface area contributed by atoms with Gasteiger partial charge in [-0.3, -0.25) is 4.40 Å². The Morgan fingerprint density at radius 1 is 1.28 bits per heavy atom. The molecular formula is C24H28N6O2. The highest BCUT2D eigenvalue weighted by Crippen LogP contribution is 2.35. The second-order valence-electron chi connectivity index (χ2n) is 8.85.